The maximum atomic E-state index is 13.3. The third-order valence-electron chi connectivity index (χ3n) is 5.87. The van der Waals surface area contributed by atoms with Gasteiger partial charge in [0, 0.05) is 26.3 Å². The quantitative estimate of drug-likeness (QED) is 0.580. The van der Waals surface area contributed by atoms with E-state index in [9.17, 15) is 4.79 Å². The zero-order chi connectivity index (χ0) is 21.0. The number of rotatable bonds is 7. The van der Waals surface area contributed by atoms with Crippen LogP contribution in [0.5, 0.6) is 5.75 Å². The van der Waals surface area contributed by atoms with Crippen molar-refractivity contribution in [2.24, 2.45) is 0 Å². The van der Waals surface area contributed by atoms with Crippen molar-refractivity contribution in [2.45, 2.75) is 31.2 Å². The monoisotopic (exact) mass is 427 g/mol. The number of hydrogen-bond donors (Lipinski definition) is 1. The van der Waals surface area contributed by atoms with Crippen LogP contribution in [0.15, 0.2) is 48.8 Å². The van der Waals surface area contributed by atoms with Crippen LogP contribution in [-0.2, 0) is 21.5 Å². The van der Waals surface area contributed by atoms with Gasteiger partial charge in [-0.1, -0.05) is 29.8 Å². The van der Waals surface area contributed by atoms with E-state index in [-0.39, 0.29) is 5.91 Å². The highest BCUT2D eigenvalue weighted by Crippen LogP contribution is 2.38. The van der Waals surface area contributed by atoms with Gasteiger partial charge in [0.05, 0.1) is 34.9 Å². The number of halogens is 1. The molecule has 0 unspecified atom stereocenters. The van der Waals surface area contributed by atoms with Crippen LogP contribution in [0.2, 0.25) is 5.02 Å². The van der Waals surface area contributed by atoms with Gasteiger partial charge in [0.25, 0.3) is 0 Å². The summed E-state index contributed by atoms with van der Waals surface area (Å²) in [6.07, 6.45) is 3.94. The number of carbonyl (C=O) groups is 1. The molecule has 0 saturated carbocycles. The van der Waals surface area contributed by atoms with Crippen LogP contribution in [0, 0.1) is 0 Å². The van der Waals surface area contributed by atoms with Gasteiger partial charge in [-0.3, -0.25) is 4.79 Å². The molecule has 2 aromatic carbocycles. The van der Waals surface area contributed by atoms with Gasteiger partial charge in [-0.05, 0) is 49.1 Å². The van der Waals surface area contributed by atoms with E-state index in [0.717, 1.165) is 29.6 Å². The van der Waals surface area contributed by atoms with Crippen molar-refractivity contribution in [1.29, 1.82) is 0 Å². The predicted octanol–water partition coefficient (Wildman–Crippen LogP) is 3.95. The molecule has 1 saturated heterocycles. The Kier molecular flexibility index (Phi) is 6.25. The summed E-state index contributed by atoms with van der Waals surface area (Å²) >= 11 is 6.35. The van der Waals surface area contributed by atoms with E-state index < -0.39 is 5.41 Å². The van der Waals surface area contributed by atoms with Gasteiger partial charge in [0.2, 0.25) is 5.91 Å². The molecule has 2 heterocycles. The minimum Gasteiger partial charge on any atom is -0.495 e. The summed E-state index contributed by atoms with van der Waals surface area (Å²) in [5.41, 5.74) is 2.38. The van der Waals surface area contributed by atoms with E-state index in [0.29, 0.717) is 43.4 Å². The van der Waals surface area contributed by atoms with E-state index in [4.69, 9.17) is 21.1 Å². The second-order valence-electron chi connectivity index (χ2n) is 7.58. The number of imidazole rings is 1. The first-order valence-electron chi connectivity index (χ1n) is 10.2. The Morgan fingerprint density at radius 3 is 2.83 bits per heavy atom. The number of hydrogen-bond acceptors (Lipinski definition) is 4. The lowest BCUT2D eigenvalue weighted by Crippen LogP contribution is -2.48. The highest BCUT2D eigenvalue weighted by atomic mass is 35.5. The Morgan fingerprint density at radius 1 is 1.27 bits per heavy atom. The second-order valence-corrected chi connectivity index (χ2v) is 7.99. The molecule has 1 aromatic heterocycles. The number of para-hydroxylation sites is 2. The lowest BCUT2D eigenvalue weighted by Gasteiger charge is -2.36. The number of benzene rings is 2. The minimum absolute atomic E-state index is 0.0301. The molecule has 6 nitrogen and oxygen atoms in total. The van der Waals surface area contributed by atoms with Gasteiger partial charge in [-0.2, -0.15) is 0 Å². The average Bonchev–Trinajstić information content (AvgIpc) is 3.20. The van der Waals surface area contributed by atoms with E-state index in [1.165, 1.54) is 0 Å². The molecule has 0 radical (unpaired) electrons. The molecule has 0 bridgehead atoms. The summed E-state index contributed by atoms with van der Waals surface area (Å²) in [6.45, 7) is 2.50. The highest BCUT2D eigenvalue weighted by molar-refractivity contribution is 6.32. The fourth-order valence-electron chi connectivity index (χ4n) is 4.14. The minimum atomic E-state index is -0.629. The van der Waals surface area contributed by atoms with Gasteiger partial charge >= 0.3 is 0 Å². The Labute approximate surface area is 181 Å². The zero-order valence-corrected chi connectivity index (χ0v) is 17.8. The zero-order valence-electron chi connectivity index (χ0n) is 17.1. The van der Waals surface area contributed by atoms with Gasteiger partial charge in [-0.15, -0.1) is 0 Å². The van der Waals surface area contributed by atoms with Gasteiger partial charge < -0.3 is 19.4 Å². The number of ether oxygens (including phenoxy) is 2. The van der Waals surface area contributed by atoms with Crippen molar-refractivity contribution >= 4 is 28.5 Å². The molecule has 1 aliphatic heterocycles. The number of aryl methyl sites for hydroxylation is 1. The molecule has 1 aliphatic rings. The lowest BCUT2D eigenvalue weighted by atomic mass is 9.73. The molecular formula is C23H26ClN3O3. The van der Waals surface area contributed by atoms with Crippen molar-refractivity contribution in [3.63, 3.8) is 0 Å². The third kappa shape index (κ3) is 4.02. The SMILES string of the molecule is COc1ccc(C2(C(=O)NCCCn3cnc4ccccc43)CCOCC2)cc1Cl. The molecule has 0 aliphatic carbocycles. The first kappa shape index (κ1) is 20.7. The van der Waals surface area contributed by atoms with Crippen LogP contribution in [0.1, 0.15) is 24.8 Å². The fourth-order valence-corrected chi connectivity index (χ4v) is 4.40. The van der Waals surface area contributed by atoms with Gasteiger partial charge in [-0.25, -0.2) is 4.98 Å². The third-order valence-corrected chi connectivity index (χ3v) is 6.17. The molecule has 1 N–H and O–H groups in total. The van der Waals surface area contributed by atoms with Crippen LogP contribution in [0.4, 0.5) is 0 Å². The molecule has 30 heavy (non-hydrogen) atoms. The first-order chi connectivity index (χ1) is 14.6. The van der Waals surface area contributed by atoms with E-state index >= 15 is 0 Å². The molecule has 4 rings (SSSR count). The summed E-state index contributed by atoms with van der Waals surface area (Å²) in [4.78, 5) is 17.7. The number of amides is 1. The Morgan fingerprint density at radius 2 is 2.07 bits per heavy atom. The molecule has 0 atom stereocenters. The molecule has 0 spiro atoms. The summed E-state index contributed by atoms with van der Waals surface area (Å²) in [5, 5.41) is 3.66. The predicted molar refractivity (Wildman–Crippen MR) is 117 cm³/mol. The first-order valence-corrected chi connectivity index (χ1v) is 10.6. The Hall–Kier alpha value is -2.57. The largest absolute Gasteiger partial charge is 0.495 e. The summed E-state index contributed by atoms with van der Waals surface area (Å²) in [5.74, 6) is 0.637. The number of aromatic nitrogens is 2. The summed E-state index contributed by atoms with van der Waals surface area (Å²) < 4.78 is 12.9. The topological polar surface area (TPSA) is 65.4 Å². The normalized spacial score (nSPS) is 15.8. The number of nitrogens with one attached hydrogen (secondary N) is 1. The molecule has 158 valence electrons. The van der Waals surface area contributed by atoms with E-state index in [1.807, 2.05) is 42.7 Å². The lowest BCUT2D eigenvalue weighted by molar-refractivity contribution is -0.130. The molecule has 1 fully saturated rings. The van der Waals surface area contributed by atoms with Crippen LogP contribution in [-0.4, -0.2) is 42.3 Å². The van der Waals surface area contributed by atoms with Crippen molar-refractivity contribution in [3.05, 3.63) is 59.4 Å². The smallest absolute Gasteiger partial charge is 0.230 e. The molecule has 3 aromatic rings. The molecular weight excluding hydrogens is 402 g/mol. The van der Waals surface area contributed by atoms with Crippen LogP contribution in [0.3, 0.4) is 0 Å². The fraction of sp³-hybridized carbons (Fsp3) is 0.391. The maximum Gasteiger partial charge on any atom is 0.230 e. The van der Waals surface area contributed by atoms with Crippen LogP contribution in [0.25, 0.3) is 11.0 Å². The maximum absolute atomic E-state index is 13.3. The summed E-state index contributed by atoms with van der Waals surface area (Å²) in [6, 6.07) is 13.7. The number of fused-ring (bicyclic) bond motifs is 1. The average molecular weight is 428 g/mol. The second kappa shape index (κ2) is 9.06. The van der Waals surface area contributed by atoms with Gasteiger partial charge in [0.15, 0.2) is 0 Å². The highest BCUT2D eigenvalue weighted by Gasteiger charge is 2.41. The van der Waals surface area contributed by atoms with Crippen molar-refractivity contribution in [3.8, 4) is 5.75 Å². The number of nitrogens with zero attached hydrogens (tertiary/aromatic N) is 2. The Balaban J connectivity index is 1.43. The van der Waals surface area contributed by atoms with Crippen molar-refractivity contribution in [2.75, 3.05) is 26.9 Å². The standard InChI is InChI=1S/C23H26ClN3O3/c1-29-21-8-7-17(15-18(21)24)23(9-13-30-14-10-23)22(28)25-11-4-12-27-16-26-19-5-2-3-6-20(19)27/h2-3,5-8,15-16H,4,9-14H2,1H3,(H,25,28). The van der Waals surface area contributed by atoms with Crippen molar-refractivity contribution < 1.29 is 14.3 Å². The van der Waals surface area contributed by atoms with Crippen LogP contribution >= 0.6 is 11.6 Å². The summed E-state index contributed by atoms with van der Waals surface area (Å²) in [7, 11) is 1.58. The molecule has 7 heteroatoms. The van der Waals surface area contributed by atoms with Crippen molar-refractivity contribution in [1.82, 2.24) is 14.9 Å². The number of carbonyl (C=O) groups excluding carboxylic acids is 1. The molecule has 1 amide bonds. The van der Waals surface area contributed by atoms with Gasteiger partial charge in [0.1, 0.15) is 5.75 Å². The Bertz CT molecular complexity index is 1030. The van der Waals surface area contributed by atoms with E-state index in [2.05, 4.69) is 20.9 Å². The van der Waals surface area contributed by atoms with Crippen LogP contribution < -0.4 is 10.1 Å². The number of methoxy groups -OCH3 is 1. The van der Waals surface area contributed by atoms with E-state index in [1.54, 1.807) is 7.11 Å².